The van der Waals surface area contributed by atoms with Crippen molar-refractivity contribution in [3.8, 4) is 0 Å². The summed E-state index contributed by atoms with van der Waals surface area (Å²) in [6, 6.07) is 2.87. The molecule has 23 heavy (non-hydrogen) atoms. The van der Waals surface area contributed by atoms with E-state index in [0.29, 0.717) is 22.9 Å². The Morgan fingerprint density at radius 1 is 1.43 bits per heavy atom. The molecule has 1 aromatic carbocycles. The van der Waals surface area contributed by atoms with E-state index in [1.165, 1.54) is 18.0 Å². The second-order valence-electron chi connectivity index (χ2n) is 4.36. The normalized spacial score (nSPS) is 9.43. The minimum atomic E-state index is -0.384. The Bertz CT molecular complexity index is 660. The predicted molar refractivity (Wildman–Crippen MR) is 83.2 cm³/mol. The SMILES string of the molecule is CC.CNC(=O)CCN(C=O)c1n[n-]c2cc(C)c(F)cc12.[Re]. The van der Waals surface area contributed by atoms with Gasteiger partial charge in [-0.3, -0.25) is 14.5 Å². The zero-order valence-corrected chi connectivity index (χ0v) is 16.3. The smallest absolute Gasteiger partial charge is 0.221 e. The summed E-state index contributed by atoms with van der Waals surface area (Å²) in [7, 11) is 1.52. The number of nitrogens with zero attached hydrogens (tertiary/aromatic N) is 3. The number of aromatic nitrogens is 2. The summed E-state index contributed by atoms with van der Waals surface area (Å²) in [5, 5.41) is 10.7. The average Bonchev–Trinajstić information content (AvgIpc) is 2.93. The summed E-state index contributed by atoms with van der Waals surface area (Å²) in [5.41, 5.74) is 0.984. The van der Waals surface area contributed by atoms with Gasteiger partial charge in [0.1, 0.15) is 11.6 Å². The zero-order chi connectivity index (χ0) is 16.7. The van der Waals surface area contributed by atoms with Gasteiger partial charge in [0.15, 0.2) is 0 Å². The van der Waals surface area contributed by atoms with Gasteiger partial charge >= 0.3 is 0 Å². The van der Waals surface area contributed by atoms with Gasteiger partial charge in [-0.15, -0.1) is 5.52 Å². The number of anilines is 1. The fourth-order valence-corrected chi connectivity index (χ4v) is 1.85. The first kappa shape index (κ1) is 21.2. The van der Waals surface area contributed by atoms with Crippen LogP contribution in [0.5, 0.6) is 0 Å². The number of amides is 2. The summed E-state index contributed by atoms with van der Waals surface area (Å²) in [6.45, 7) is 5.79. The van der Waals surface area contributed by atoms with Crippen LogP contribution in [-0.2, 0) is 30.0 Å². The second kappa shape index (κ2) is 10.1. The van der Waals surface area contributed by atoms with E-state index in [2.05, 4.69) is 15.5 Å². The van der Waals surface area contributed by atoms with Crippen LogP contribution in [0.3, 0.4) is 0 Å². The molecule has 0 atom stereocenters. The molecule has 0 aliphatic heterocycles. The van der Waals surface area contributed by atoms with Gasteiger partial charge in [0, 0.05) is 45.8 Å². The van der Waals surface area contributed by atoms with Crippen LogP contribution in [0, 0.1) is 12.7 Å². The molecule has 2 amide bonds. The zero-order valence-electron chi connectivity index (χ0n) is 13.6. The molecule has 0 unspecified atom stereocenters. The predicted octanol–water partition coefficient (Wildman–Crippen LogP) is 1.76. The van der Waals surface area contributed by atoms with Crippen molar-refractivity contribution in [1.82, 2.24) is 15.5 Å². The molecule has 2 aromatic rings. The van der Waals surface area contributed by atoms with E-state index in [4.69, 9.17) is 0 Å². The Labute approximate surface area is 148 Å². The Morgan fingerprint density at radius 3 is 2.65 bits per heavy atom. The Morgan fingerprint density at radius 2 is 2.09 bits per heavy atom. The first-order chi connectivity index (χ1) is 10.6. The number of halogens is 1. The van der Waals surface area contributed by atoms with Crippen molar-refractivity contribution in [3.05, 3.63) is 23.5 Å². The third-order valence-electron chi connectivity index (χ3n) is 3.03. The van der Waals surface area contributed by atoms with Gasteiger partial charge in [0.2, 0.25) is 12.3 Å². The van der Waals surface area contributed by atoms with E-state index in [1.807, 2.05) is 13.8 Å². The number of benzene rings is 1. The summed E-state index contributed by atoms with van der Waals surface area (Å²) < 4.78 is 13.6. The van der Waals surface area contributed by atoms with Crippen molar-refractivity contribution in [2.75, 3.05) is 18.5 Å². The van der Waals surface area contributed by atoms with Crippen LogP contribution in [-0.4, -0.2) is 31.0 Å². The summed E-state index contributed by atoms with van der Waals surface area (Å²) in [6.07, 6.45) is 0.697. The van der Waals surface area contributed by atoms with Crippen LogP contribution in [0.4, 0.5) is 10.2 Å². The summed E-state index contributed by atoms with van der Waals surface area (Å²) >= 11 is 0. The molecular weight excluding hydrogens is 473 g/mol. The number of fused-ring (bicyclic) bond motifs is 1. The number of rotatable bonds is 5. The summed E-state index contributed by atoms with van der Waals surface area (Å²) in [5.74, 6) is -0.314. The Balaban J connectivity index is 0.00000155. The molecular formula is C15H20FN4O2Re-. The molecule has 1 heterocycles. The molecule has 0 bridgehead atoms. The molecule has 0 saturated carbocycles. The van der Waals surface area contributed by atoms with Crippen LogP contribution in [0.15, 0.2) is 12.1 Å². The largest absolute Gasteiger partial charge is 0.573 e. The number of aryl methyl sites for hydroxylation is 1. The Kier molecular flexibility index (Phi) is 9.30. The summed E-state index contributed by atoms with van der Waals surface area (Å²) in [4.78, 5) is 23.6. The maximum absolute atomic E-state index is 13.6. The molecule has 0 spiro atoms. The van der Waals surface area contributed by atoms with Crippen LogP contribution in [0.2, 0.25) is 0 Å². The molecule has 127 valence electrons. The third-order valence-corrected chi connectivity index (χ3v) is 3.03. The molecule has 2 rings (SSSR count). The van der Waals surface area contributed by atoms with Crippen molar-refractivity contribution < 1.29 is 34.4 Å². The average molecular weight is 494 g/mol. The number of carbonyl (C=O) groups excluding carboxylic acids is 2. The standard InChI is InChI=1S/C13H15FN4O2.C2H6.Re/c1-8-5-11-9(6-10(8)14)13(17-16-11)18(7-19)4-3-12(20)15-2;1-2;/h5-7H,3-4H2,1-2H3,(H2,15,16,17,20);1-2H3;/p-1. The topological polar surface area (TPSA) is 76.4 Å². The minimum Gasteiger partial charge on any atom is -0.573 e. The van der Waals surface area contributed by atoms with Gasteiger partial charge in [-0.2, -0.15) is 0 Å². The molecule has 8 heteroatoms. The van der Waals surface area contributed by atoms with Crippen molar-refractivity contribution in [2.45, 2.75) is 27.2 Å². The molecule has 0 saturated heterocycles. The third kappa shape index (κ3) is 5.12. The molecule has 6 nitrogen and oxygen atoms in total. The maximum atomic E-state index is 13.6. The first-order valence-corrected chi connectivity index (χ1v) is 7.08. The van der Waals surface area contributed by atoms with Crippen LogP contribution < -0.4 is 15.3 Å². The molecule has 0 aliphatic rings. The number of carbonyl (C=O) groups is 2. The maximum Gasteiger partial charge on any atom is 0.221 e. The van der Waals surface area contributed by atoms with Crippen molar-refractivity contribution in [2.24, 2.45) is 0 Å². The first-order valence-electron chi connectivity index (χ1n) is 7.08. The van der Waals surface area contributed by atoms with E-state index in [9.17, 15) is 14.0 Å². The Hall–Kier alpha value is -1.78. The van der Waals surface area contributed by atoms with E-state index in [-0.39, 0.29) is 50.9 Å². The van der Waals surface area contributed by atoms with E-state index >= 15 is 0 Å². The molecule has 1 aromatic heterocycles. The van der Waals surface area contributed by atoms with Gasteiger partial charge in [0.05, 0.1) is 0 Å². The van der Waals surface area contributed by atoms with Gasteiger partial charge in [-0.05, 0) is 18.6 Å². The monoisotopic (exact) mass is 494 g/mol. The molecule has 1 radical (unpaired) electrons. The van der Waals surface area contributed by atoms with Gasteiger partial charge in [0.25, 0.3) is 0 Å². The number of hydrogen-bond donors (Lipinski definition) is 1. The molecule has 0 fully saturated rings. The van der Waals surface area contributed by atoms with Crippen molar-refractivity contribution in [3.63, 3.8) is 0 Å². The minimum absolute atomic E-state index is 0. The molecule has 1 N–H and O–H groups in total. The van der Waals surface area contributed by atoms with Crippen LogP contribution in [0.25, 0.3) is 10.9 Å². The van der Waals surface area contributed by atoms with Crippen molar-refractivity contribution in [1.29, 1.82) is 0 Å². The number of nitrogens with one attached hydrogen (secondary N) is 1. The van der Waals surface area contributed by atoms with Gasteiger partial charge in [-0.25, -0.2) is 4.39 Å². The van der Waals surface area contributed by atoms with Gasteiger partial charge in [-0.1, -0.05) is 19.9 Å². The second-order valence-corrected chi connectivity index (χ2v) is 4.36. The van der Waals surface area contributed by atoms with Gasteiger partial charge < -0.3 is 15.5 Å². The fourth-order valence-electron chi connectivity index (χ4n) is 1.85. The van der Waals surface area contributed by atoms with Crippen LogP contribution >= 0.6 is 0 Å². The van der Waals surface area contributed by atoms with E-state index in [0.717, 1.165) is 0 Å². The van der Waals surface area contributed by atoms with Crippen molar-refractivity contribution >= 4 is 29.0 Å². The van der Waals surface area contributed by atoms with E-state index in [1.54, 1.807) is 13.0 Å². The van der Waals surface area contributed by atoms with E-state index < -0.39 is 0 Å². The quantitative estimate of drug-likeness (QED) is 0.645. The molecule has 0 aliphatic carbocycles. The number of hydrogen-bond acceptors (Lipinski definition) is 3. The fraction of sp³-hybridized carbons (Fsp3) is 0.400. The van der Waals surface area contributed by atoms with Crippen LogP contribution in [0.1, 0.15) is 25.8 Å².